The topological polar surface area (TPSA) is 54.3 Å². The molecular formula is C17H24N2O2. The summed E-state index contributed by atoms with van der Waals surface area (Å²) in [5, 5.41) is 12.1. The summed E-state index contributed by atoms with van der Waals surface area (Å²) >= 11 is 0. The van der Waals surface area contributed by atoms with Gasteiger partial charge in [0.25, 0.3) is 0 Å². The van der Waals surface area contributed by atoms with Crippen LogP contribution in [0.15, 0.2) is 18.2 Å². The Morgan fingerprint density at radius 3 is 2.86 bits per heavy atom. The quantitative estimate of drug-likeness (QED) is 0.670. The first-order chi connectivity index (χ1) is 10.3. The van der Waals surface area contributed by atoms with E-state index < -0.39 is 0 Å². The lowest BCUT2D eigenvalue weighted by atomic mass is 10.2. The Kier molecular flexibility index (Phi) is 6.36. The molecule has 1 N–H and O–H groups in total. The van der Waals surface area contributed by atoms with E-state index in [0.717, 1.165) is 36.4 Å². The molecule has 4 heteroatoms. The lowest BCUT2D eigenvalue weighted by molar-refractivity contribution is 0.296. The average Bonchev–Trinajstić information content (AvgIpc) is 3.32. The minimum Gasteiger partial charge on any atom is -0.493 e. The smallest absolute Gasteiger partial charge is 0.127 e. The number of ether oxygens (including phenoxy) is 2. The second-order valence-corrected chi connectivity index (χ2v) is 5.38. The molecule has 0 saturated heterocycles. The van der Waals surface area contributed by atoms with Gasteiger partial charge in [-0.2, -0.15) is 5.26 Å². The summed E-state index contributed by atoms with van der Waals surface area (Å²) in [6, 6.07) is 8.85. The van der Waals surface area contributed by atoms with E-state index in [1.807, 2.05) is 12.1 Å². The Morgan fingerprint density at radius 2 is 2.14 bits per heavy atom. The van der Waals surface area contributed by atoms with E-state index in [-0.39, 0.29) is 0 Å². The zero-order valence-corrected chi connectivity index (χ0v) is 12.7. The minimum absolute atomic E-state index is 0.529. The molecule has 21 heavy (non-hydrogen) atoms. The van der Waals surface area contributed by atoms with Gasteiger partial charge in [0.2, 0.25) is 0 Å². The third kappa shape index (κ3) is 5.65. The molecule has 0 amide bonds. The van der Waals surface area contributed by atoms with Gasteiger partial charge in [0.05, 0.1) is 19.3 Å². The molecule has 0 aromatic heterocycles. The van der Waals surface area contributed by atoms with Crippen molar-refractivity contribution in [1.82, 2.24) is 5.32 Å². The second kappa shape index (κ2) is 8.53. The van der Waals surface area contributed by atoms with Gasteiger partial charge < -0.3 is 14.8 Å². The molecule has 1 saturated carbocycles. The molecule has 0 atom stereocenters. The lowest BCUT2D eigenvalue weighted by Crippen LogP contribution is -2.16. The van der Waals surface area contributed by atoms with Crippen molar-refractivity contribution in [1.29, 1.82) is 5.26 Å². The minimum atomic E-state index is 0.529. The maximum absolute atomic E-state index is 8.58. The number of benzene rings is 1. The third-order valence-corrected chi connectivity index (χ3v) is 3.36. The van der Waals surface area contributed by atoms with Crippen molar-refractivity contribution in [2.75, 3.05) is 13.2 Å². The first-order valence-electron chi connectivity index (χ1n) is 7.82. The van der Waals surface area contributed by atoms with Crippen LogP contribution in [0.4, 0.5) is 0 Å². The molecule has 1 aromatic carbocycles. The summed E-state index contributed by atoms with van der Waals surface area (Å²) in [7, 11) is 0. The van der Waals surface area contributed by atoms with Gasteiger partial charge in [-0.15, -0.1) is 0 Å². The van der Waals surface area contributed by atoms with Crippen molar-refractivity contribution in [2.24, 2.45) is 0 Å². The van der Waals surface area contributed by atoms with Gasteiger partial charge in [-0.05, 0) is 31.7 Å². The second-order valence-electron chi connectivity index (χ2n) is 5.38. The van der Waals surface area contributed by atoms with Crippen LogP contribution < -0.4 is 14.8 Å². The molecule has 0 aliphatic heterocycles. The summed E-state index contributed by atoms with van der Waals surface area (Å²) in [5.41, 5.74) is 1.16. The summed E-state index contributed by atoms with van der Waals surface area (Å²) in [6.45, 7) is 4.20. The molecule has 0 bridgehead atoms. The fraction of sp³-hybridized carbons (Fsp3) is 0.588. The molecule has 0 unspecified atom stereocenters. The number of nitriles is 1. The number of hydrogen-bond donors (Lipinski definition) is 1. The largest absolute Gasteiger partial charge is 0.493 e. The Morgan fingerprint density at radius 1 is 1.29 bits per heavy atom. The Balaban J connectivity index is 1.96. The fourth-order valence-electron chi connectivity index (χ4n) is 2.00. The Bertz CT molecular complexity index is 478. The van der Waals surface area contributed by atoms with Gasteiger partial charge in [0.15, 0.2) is 0 Å². The maximum atomic E-state index is 8.58. The number of rotatable bonds is 10. The molecule has 1 aromatic rings. The molecule has 2 rings (SSSR count). The number of nitrogens with one attached hydrogen (secondary N) is 1. The van der Waals surface area contributed by atoms with Crippen LogP contribution in [0.2, 0.25) is 0 Å². The van der Waals surface area contributed by atoms with Crippen molar-refractivity contribution in [3.63, 3.8) is 0 Å². The van der Waals surface area contributed by atoms with E-state index in [1.54, 1.807) is 0 Å². The van der Waals surface area contributed by atoms with Crippen LogP contribution in [0.5, 0.6) is 11.5 Å². The van der Waals surface area contributed by atoms with Gasteiger partial charge in [-0.1, -0.05) is 13.0 Å². The molecule has 1 aliphatic rings. The zero-order valence-electron chi connectivity index (χ0n) is 12.7. The van der Waals surface area contributed by atoms with Crippen molar-refractivity contribution in [3.8, 4) is 17.6 Å². The Labute approximate surface area is 127 Å². The highest BCUT2D eigenvalue weighted by Gasteiger charge is 2.20. The predicted molar refractivity (Wildman–Crippen MR) is 82.4 cm³/mol. The molecule has 114 valence electrons. The maximum Gasteiger partial charge on any atom is 0.127 e. The molecule has 1 aliphatic carbocycles. The zero-order chi connectivity index (χ0) is 14.9. The van der Waals surface area contributed by atoms with E-state index in [9.17, 15) is 0 Å². The van der Waals surface area contributed by atoms with E-state index >= 15 is 0 Å². The average molecular weight is 288 g/mol. The van der Waals surface area contributed by atoms with Crippen LogP contribution in [0.3, 0.4) is 0 Å². The van der Waals surface area contributed by atoms with Gasteiger partial charge in [-0.3, -0.25) is 0 Å². The molecule has 0 heterocycles. The van der Waals surface area contributed by atoms with Crippen molar-refractivity contribution in [3.05, 3.63) is 23.8 Å². The van der Waals surface area contributed by atoms with Crippen molar-refractivity contribution in [2.45, 2.75) is 51.6 Å². The van der Waals surface area contributed by atoms with E-state index in [2.05, 4.69) is 24.4 Å². The highest BCUT2D eigenvalue weighted by atomic mass is 16.5. The number of unbranched alkanes of at least 4 members (excludes halogenated alkanes) is 1. The van der Waals surface area contributed by atoms with Crippen LogP contribution in [-0.4, -0.2) is 19.3 Å². The summed E-state index contributed by atoms with van der Waals surface area (Å²) in [4.78, 5) is 0. The highest BCUT2D eigenvalue weighted by Crippen LogP contribution is 2.27. The molecule has 0 radical (unpaired) electrons. The normalized spacial score (nSPS) is 13.7. The standard InChI is InChI=1S/C17H24N2O2/c1-2-10-20-16-8-5-14(13-19-15-6-7-15)17(12-16)21-11-4-3-9-18/h5,8,12,15,19H,2-4,6-7,10-11,13H2,1H3. The summed E-state index contributed by atoms with van der Waals surface area (Å²) in [5.74, 6) is 1.72. The number of hydrogen-bond acceptors (Lipinski definition) is 4. The van der Waals surface area contributed by atoms with Crippen LogP contribution in [0, 0.1) is 11.3 Å². The Hall–Kier alpha value is -1.73. The van der Waals surface area contributed by atoms with Crippen LogP contribution in [-0.2, 0) is 6.54 Å². The van der Waals surface area contributed by atoms with Crippen LogP contribution in [0.25, 0.3) is 0 Å². The fourth-order valence-corrected chi connectivity index (χ4v) is 2.00. The monoisotopic (exact) mass is 288 g/mol. The first kappa shape index (κ1) is 15.7. The van der Waals surface area contributed by atoms with Crippen molar-refractivity contribution >= 4 is 0 Å². The van der Waals surface area contributed by atoms with Crippen molar-refractivity contribution < 1.29 is 9.47 Å². The van der Waals surface area contributed by atoms with Gasteiger partial charge in [-0.25, -0.2) is 0 Å². The first-order valence-corrected chi connectivity index (χ1v) is 7.82. The van der Waals surface area contributed by atoms with E-state index in [1.165, 1.54) is 12.8 Å². The lowest BCUT2D eigenvalue weighted by Gasteiger charge is -2.14. The molecule has 1 fully saturated rings. The van der Waals surface area contributed by atoms with Gasteiger partial charge >= 0.3 is 0 Å². The van der Waals surface area contributed by atoms with E-state index in [4.69, 9.17) is 14.7 Å². The summed E-state index contributed by atoms with van der Waals surface area (Å²) < 4.78 is 11.5. The van der Waals surface area contributed by atoms with Crippen LogP contribution >= 0.6 is 0 Å². The molecule has 0 spiro atoms. The highest BCUT2D eigenvalue weighted by molar-refractivity contribution is 5.40. The van der Waals surface area contributed by atoms with Crippen LogP contribution in [0.1, 0.15) is 44.6 Å². The van der Waals surface area contributed by atoms with E-state index in [0.29, 0.717) is 25.7 Å². The predicted octanol–water partition coefficient (Wildman–Crippen LogP) is 3.41. The SMILES string of the molecule is CCCOc1ccc(CNC2CC2)c(OCCCC#N)c1. The molecule has 4 nitrogen and oxygen atoms in total. The summed E-state index contributed by atoms with van der Waals surface area (Å²) in [6.07, 6.45) is 4.82. The number of nitrogens with zero attached hydrogens (tertiary/aromatic N) is 1. The third-order valence-electron chi connectivity index (χ3n) is 3.36. The van der Waals surface area contributed by atoms with Gasteiger partial charge in [0, 0.05) is 30.6 Å². The molecular weight excluding hydrogens is 264 g/mol. The van der Waals surface area contributed by atoms with Gasteiger partial charge in [0.1, 0.15) is 11.5 Å².